The number of Topliss-reactive ketones (excluding diaryl/α,β-unsaturated/α-hetero) is 2. The van der Waals surface area contributed by atoms with Crippen molar-refractivity contribution in [1.29, 1.82) is 0 Å². The summed E-state index contributed by atoms with van der Waals surface area (Å²) in [4.78, 5) is 44.8. The largest absolute Gasteiger partial charge is 0.507 e. The van der Waals surface area contributed by atoms with E-state index >= 15 is 0 Å². The highest BCUT2D eigenvalue weighted by atomic mass is 16.5. The van der Waals surface area contributed by atoms with Crippen LogP contribution in [0.2, 0.25) is 0 Å². The van der Waals surface area contributed by atoms with E-state index < -0.39 is 11.9 Å². The number of aromatic hydroxyl groups is 1. The maximum absolute atomic E-state index is 13.5. The summed E-state index contributed by atoms with van der Waals surface area (Å²) in [7, 11) is 0. The van der Waals surface area contributed by atoms with Gasteiger partial charge in [0.05, 0.1) is 5.69 Å². The molecule has 0 radical (unpaired) electrons. The molecule has 1 aliphatic rings. The van der Waals surface area contributed by atoms with Gasteiger partial charge in [-0.25, -0.2) is 4.98 Å². The molecule has 232 valence electrons. The van der Waals surface area contributed by atoms with Gasteiger partial charge in [0, 0.05) is 22.9 Å². The maximum Gasteiger partial charge on any atom is 0.311 e. The van der Waals surface area contributed by atoms with Crippen LogP contribution in [0.3, 0.4) is 0 Å². The van der Waals surface area contributed by atoms with E-state index in [0.717, 1.165) is 33.2 Å². The van der Waals surface area contributed by atoms with E-state index in [4.69, 9.17) is 9.72 Å². The SMILES string of the molecule is C/C=C\c1cc2c(cc1C)C(=O)C(c1ccc3cccc(OC(=O)CCc4cc(C(C)(C)C)c(O)c(C(C)(C)C)c4)c3n1)C2=O. The zero-order valence-electron chi connectivity index (χ0n) is 27.4. The summed E-state index contributed by atoms with van der Waals surface area (Å²) in [5, 5.41) is 11.8. The number of rotatable bonds is 6. The summed E-state index contributed by atoms with van der Waals surface area (Å²) >= 11 is 0. The van der Waals surface area contributed by atoms with Gasteiger partial charge in [0.15, 0.2) is 17.3 Å². The lowest BCUT2D eigenvalue weighted by Gasteiger charge is -2.28. The number of hydrogen-bond donors (Lipinski definition) is 1. The Morgan fingerprint density at radius 2 is 1.53 bits per heavy atom. The van der Waals surface area contributed by atoms with Crippen LogP contribution in [0.5, 0.6) is 11.5 Å². The Bertz CT molecular complexity index is 1850. The first-order chi connectivity index (χ1) is 21.1. The molecular formula is C39H41NO5. The fourth-order valence-corrected chi connectivity index (χ4v) is 5.97. The molecule has 1 N–H and O–H groups in total. The second-order valence-corrected chi connectivity index (χ2v) is 14.0. The van der Waals surface area contributed by atoms with Gasteiger partial charge in [-0.1, -0.05) is 84.0 Å². The number of nitrogens with zero attached hydrogens (tertiary/aromatic N) is 1. The average molecular weight is 604 g/mol. The van der Waals surface area contributed by atoms with Crippen LogP contribution in [0, 0.1) is 6.92 Å². The summed E-state index contributed by atoms with van der Waals surface area (Å²) in [5.41, 5.74) is 5.47. The quantitative estimate of drug-likeness (QED) is 0.135. The molecule has 0 saturated carbocycles. The monoisotopic (exact) mass is 603 g/mol. The van der Waals surface area contributed by atoms with Crippen LogP contribution in [-0.2, 0) is 22.0 Å². The van der Waals surface area contributed by atoms with Crippen LogP contribution in [0.1, 0.15) is 115 Å². The molecule has 1 heterocycles. The second-order valence-electron chi connectivity index (χ2n) is 14.0. The highest BCUT2D eigenvalue weighted by Gasteiger charge is 2.41. The van der Waals surface area contributed by atoms with Crippen molar-refractivity contribution in [1.82, 2.24) is 4.98 Å². The number of para-hydroxylation sites is 1. The van der Waals surface area contributed by atoms with Gasteiger partial charge in [-0.15, -0.1) is 0 Å². The molecule has 0 saturated heterocycles. The molecule has 0 bridgehead atoms. The number of carbonyl (C=O) groups excluding carboxylic acids is 3. The molecule has 0 aliphatic heterocycles. The molecule has 1 aliphatic carbocycles. The summed E-state index contributed by atoms with van der Waals surface area (Å²) < 4.78 is 5.83. The number of allylic oxidation sites excluding steroid dienone is 1. The Labute approximate surface area is 265 Å². The second kappa shape index (κ2) is 11.7. The minimum absolute atomic E-state index is 0.122. The van der Waals surface area contributed by atoms with E-state index in [1.54, 1.807) is 36.4 Å². The molecule has 3 aromatic carbocycles. The first-order valence-electron chi connectivity index (χ1n) is 15.4. The normalized spacial score (nSPS) is 15.2. The van der Waals surface area contributed by atoms with Gasteiger partial charge in [-0.2, -0.15) is 0 Å². The molecule has 1 unspecified atom stereocenters. The third-order valence-corrected chi connectivity index (χ3v) is 8.44. The summed E-state index contributed by atoms with van der Waals surface area (Å²) in [6.07, 6.45) is 4.38. The van der Waals surface area contributed by atoms with Crippen LogP contribution in [-0.4, -0.2) is 27.6 Å². The van der Waals surface area contributed by atoms with Crippen molar-refractivity contribution >= 4 is 34.5 Å². The van der Waals surface area contributed by atoms with Crippen LogP contribution in [0.4, 0.5) is 0 Å². The smallest absolute Gasteiger partial charge is 0.311 e. The standard InChI is InChI=1S/C39H41NO5/c1-9-11-25-21-27-26(18-22(25)2)35(42)33(36(27)43)30-16-15-24-12-10-13-31(34(24)40-30)45-32(41)17-14-23-19-28(38(3,4)5)37(44)29(20-23)39(6,7)8/h9-13,15-16,18-21,33,44H,14,17H2,1-8H3/b11-9-. The fraction of sp³-hybridized carbons (Fsp3) is 0.333. The van der Waals surface area contributed by atoms with Crippen LogP contribution >= 0.6 is 0 Å². The van der Waals surface area contributed by atoms with Crippen molar-refractivity contribution in [3.63, 3.8) is 0 Å². The van der Waals surface area contributed by atoms with E-state index in [1.165, 1.54) is 0 Å². The molecule has 1 aromatic heterocycles. The molecule has 0 amide bonds. The van der Waals surface area contributed by atoms with Crippen molar-refractivity contribution < 1.29 is 24.2 Å². The fourth-order valence-electron chi connectivity index (χ4n) is 5.97. The number of aromatic nitrogens is 1. The molecule has 0 fully saturated rings. The number of aryl methyl sites for hydroxylation is 2. The molecule has 6 heteroatoms. The van der Waals surface area contributed by atoms with E-state index in [0.29, 0.717) is 34.5 Å². The molecule has 6 nitrogen and oxygen atoms in total. The van der Waals surface area contributed by atoms with Crippen molar-refractivity contribution in [2.24, 2.45) is 0 Å². The number of ether oxygens (including phenoxy) is 1. The predicted molar refractivity (Wildman–Crippen MR) is 178 cm³/mol. The Hall–Kier alpha value is -4.58. The van der Waals surface area contributed by atoms with E-state index in [-0.39, 0.29) is 34.6 Å². The van der Waals surface area contributed by atoms with Crippen LogP contribution in [0.25, 0.3) is 17.0 Å². The summed E-state index contributed by atoms with van der Waals surface area (Å²) in [5.74, 6) is -1.45. The highest BCUT2D eigenvalue weighted by molar-refractivity contribution is 6.29. The van der Waals surface area contributed by atoms with E-state index in [2.05, 4.69) is 41.5 Å². The van der Waals surface area contributed by atoms with Crippen LogP contribution in [0.15, 0.2) is 60.7 Å². The van der Waals surface area contributed by atoms with E-state index in [1.807, 2.05) is 44.2 Å². The Morgan fingerprint density at radius 3 is 2.13 bits per heavy atom. The zero-order valence-corrected chi connectivity index (χ0v) is 27.4. The first kappa shape index (κ1) is 31.8. The summed E-state index contributed by atoms with van der Waals surface area (Å²) in [6, 6.07) is 16.3. The zero-order chi connectivity index (χ0) is 32.8. The predicted octanol–water partition coefficient (Wildman–Crippen LogP) is 8.58. The number of benzene rings is 3. The molecule has 4 aromatic rings. The van der Waals surface area contributed by atoms with Crippen molar-refractivity contribution in [3.8, 4) is 11.5 Å². The average Bonchev–Trinajstić information content (AvgIpc) is 3.19. The number of ketones is 2. The third-order valence-electron chi connectivity index (χ3n) is 8.44. The molecule has 0 spiro atoms. The number of hydrogen-bond acceptors (Lipinski definition) is 6. The van der Waals surface area contributed by atoms with Gasteiger partial charge >= 0.3 is 5.97 Å². The van der Waals surface area contributed by atoms with Gasteiger partial charge in [0.1, 0.15) is 17.2 Å². The van der Waals surface area contributed by atoms with Crippen molar-refractivity contribution in [3.05, 3.63) is 105 Å². The van der Waals surface area contributed by atoms with Gasteiger partial charge in [-0.3, -0.25) is 14.4 Å². The Balaban J connectivity index is 1.40. The van der Waals surface area contributed by atoms with Gasteiger partial charge in [0.2, 0.25) is 0 Å². The molecular weight excluding hydrogens is 562 g/mol. The third kappa shape index (κ3) is 6.19. The maximum atomic E-state index is 13.5. The Morgan fingerprint density at radius 1 is 0.911 bits per heavy atom. The lowest BCUT2D eigenvalue weighted by Crippen LogP contribution is -2.18. The highest BCUT2D eigenvalue weighted by Crippen LogP contribution is 2.40. The van der Waals surface area contributed by atoms with E-state index in [9.17, 15) is 19.5 Å². The van der Waals surface area contributed by atoms with Crippen molar-refractivity contribution in [2.75, 3.05) is 0 Å². The van der Waals surface area contributed by atoms with Crippen molar-refractivity contribution in [2.45, 2.75) is 85.0 Å². The Kier molecular flexibility index (Phi) is 8.30. The lowest BCUT2D eigenvalue weighted by molar-refractivity contribution is -0.134. The van der Waals surface area contributed by atoms with Gasteiger partial charge < -0.3 is 9.84 Å². The number of esters is 1. The number of fused-ring (bicyclic) bond motifs is 2. The minimum Gasteiger partial charge on any atom is -0.507 e. The van der Waals surface area contributed by atoms with Gasteiger partial charge in [0.25, 0.3) is 0 Å². The van der Waals surface area contributed by atoms with Crippen LogP contribution < -0.4 is 4.74 Å². The summed E-state index contributed by atoms with van der Waals surface area (Å²) in [6.45, 7) is 16.2. The molecule has 1 atom stereocenters. The van der Waals surface area contributed by atoms with Gasteiger partial charge in [-0.05, 0) is 83.2 Å². The minimum atomic E-state index is -1.04. The first-order valence-corrected chi connectivity index (χ1v) is 15.4. The number of phenolic OH excluding ortho intramolecular Hbond substituents is 1. The lowest BCUT2D eigenvalue weighted by atomic mass is 9.78. The number of carbonyl (C=O) groups is 3. The molecule has 5 rings (SSSR count). The number of pyridine rings is 1. The molecule has 45 heavy (non-hydrogen) atoms. The topological polar surface area (TPSA) is 93.6 Å². The number of phenols is 1.